The molecule has 33 heavy (non-hydrogen) atoms. The molecule has 1 aromatic heterocycles. The highest BCUT2D eigenvalue weighted by molar-refractivity contribution is 6.04. The molecule has 0 aliphatic carbocycles. The normalized spacial score (nSPS) is 10.8. The van der Waals surface area contributed by atoms with E-state index in [2.05, 4.69) is 4.98 Å². The Morgan fingerprint density at radius 3 is 1.88 bits per heavy atom. The van der Waals surface area contributed by atoms with Gasteiger partial charge in [-0.1, -0.05) is 30.3 Å². The van der Waals surface area contributed by atoms with Crippen LogP contribution in [0.1, 0.15) is 5.56 Å². The average Bonchev–Trinajstić information content (AvgIpc) is 2.86. The molecule has 8 heteroatoms. The summed E-state index contributed by atoms with van der Waals surface area (Å²) < 4.78 is 33.8. The van der Waals surface area contributed by atoms with E-state index >= 15 is 0 Å². The molecule has 0 radical (unpaired) electrons. The second-order valence-electron chi connectivity index (χ2n) is 7.13. The molecule has 0 spiro atoms. The maximum absolute atomic E-state index is 13.6. The van der Waals surface area contributed by atoms with Gasteiger partial charge in [-0.25, -0.2) is 0 Å². The van der Waals surface area contributed by atoms with Crippen molar-refractivity contribution in [1.82, 2.24) is 4.98 Å². The van der Waals surface area contributed by atoms with Crippen LogP contribution in [0.15, 0.2) is 47.3 Å². The third-order valence-corrected chi connectivity index (χ3v) is 5.42. The van der Waals surface area contributed by atoms with Gasteiger partial charge in [0.25, 0.3) is 0 Å². The molecule has 0 atom stereocenters. The first-order chi connectivity index (χ1) is 16.1. The standard InChI is InChI=1S/C25H25NO7/c1-28-21-16(33-13-14-9-7-6-8-10-14)12-11-15-18(21)26-19-17(20(15)27)22(29-2)24(31-4)25(32-5)23(19)30-3/h6-12H,13H2,1-5H3,(H,26,27). The van der Waals surface area contributed by atoms with Gasteiger partial charge >= 0.3 is 0 Å². The predicted octanol–water partition coefficient (Wildman–Crippen LogP) is 4.30. The third-order valence-electron chi connectivity index (χ3n) is 5.42. The molecule has 4 rings (SSSR count). The van der Waals surface area contributed by atoms with Crippen molar-refractivity contribution in [3.63, 3.8) is 0 Å². The Bertz CT molecular complexity index is 1360. The monoisotopic (exact) mass is 451 g/mol. The lowest BCUT2D eigenvalue weighted by Gasteiger charge is -2.19. The van der Waals surface area contributed by atoms with E-state index in [0.29, 0.717) is 46.0 Å². The summed E-state index contributed by atoms with van der Waals surface area (Å²) in [5.41, 5.74) is 1.59. The summed E-state index contributed by atoms with van der Waals surface area (Å²) in [4.78, 5) is 16.9. The number of rotatable bonds is 8. The first-order valence-electron chi connectivity index (χ1n) is 10.2. The Hall–Kier alpha value is -4.07. The van der Waals surface area contributed by atoms with Gasteiger partial charge in [-0.15, -0.1) is 0 Å². The number of fused-ring (bicyclic) bond motifs is 2. The van der Waals surface area contributed by atoms with Gasteiger partial charge in [-0.2, -0.15) is 0 Å². The summed E-state index contributed by atoms with van der Waals surface area (Å²) in [5.74, 6) is 2.02. The average molecular weight is 451 g/mol. The first-order valence-corrected chi connectivity index (χ1v) is 10.2. The molecule has 0 saturated carbocycles. The summed E-state index contributed by atoms with van der Waals surface area (Å²) in [6, 6.07) is 13.2. The van der Waals surface area contributed by atoms with E-state index < -0.39 is 0 Å². The maximum Gasteiger partial charge on any atom is 0.209 e. The Morgan fingerprint density at radius 2 is 1.27 bits per heavy atom. The predicted molar refractivity (Wildman–Crippen MR) is 126 cm³/mol. The second kappa shape index (κ2) is 9.20. The summed E-state index contributed by atoms with van der Waals surface area (Å²) in [6.07, 6.45) is 0. The molecule has 1 N–H and O–H groups in total. The summed E-state index contributed by atoms with van der Waals surface area (Å²) >= 11 is 0. The quantitative estimate of drug-likeness (QED) is 0.400. The molecule has 0 fully saturated rings. The van der Waals surface area contributed by atoms with Crippen molar-refractivity contribution in [2.75, 3.05) is 35.5 Å². The highest BCUT2D eigenvalue weighted by Crippen LogP contribution is 2.50. The summed E-state index contributed by atoms with van der Waals surface area (Å²) in [5, 5.41) is 0.679. The SMILES string of the molecule is COc1c(OC)c(OC)c2c(=O)c3ccc(OCc4ccccc4)c(OC)c3[nH]c2c1OC. The van der Waals surface area contributed by atoms with Crippen LogP contribution in [0.3, 0.4) is 0 Å². The number of pyridine rings is 1. The van der Waals surface area contributed by atoms with Crippen LogP contribution in [-0.4, -0.2) is 40.5 Å². The summed E-state index contributed by atoms with van der Waals surface area (Å²) in [7, 11) is 7.44. The molecule has 0 amide bonds. The van der Waals surface area contributed by atoms with E-state index in [9.17, 15) is 4.79 Å². The second-order valence-corrected chi connectivity index (χ2v) is 7.13. The van der Waals surface area contributed by atoms with Crippen LogP contribution < -0.4 is 33.8 Å². The zero-order valence-electron chi connectivity index (χ0n) is 19.1. The van der Waals surface area contributed by atoms with E-state index in [1.54, 1.807) is 12.1 Å². The van der Waals surface area contributed by atoms with Crippen LogP contribution in [0.25, 0.3) is 21.8 Å². The zero-order valence-corrected chi connectivity index (χ0v) is 19.1. The zero-order chi connectivity index (χ0) is 23.5. The van der Waals surface area contributed by atoms with Crippen LogP contribution in [0.2, 0.25) is 0 Å². The molecule has 0 saturated heterocycles. The molecule has 0 aliphatic heterocycles. The highest BCUT2D eigenvalue weighted by Gasteiger charge is 2.27. The Balaban J connectivity index is 2.00. The molecular weight excluding hydrogens is 426 g/mol. The van der Waals surface area contributed by atoms with Crippen molar-refractivity contribution < 1.29 is 28.4 Å². The van der Waals surface area contributed by atoms with Gasteiger partial charge in [0.15, 0.2) is 23.0 Å². The number of aromatic amines is 1. The fourth-order valence-electron chi connectivity index (χ4n) is 3.94. The number of nitrogens with one attached hydrogen (secondary N) is 1. The lowest BCUT2D eigenvalue weighted by molar-refractivity contribution is 0.286. The van der Waals surface area contributed by atoms with Gasteiger partial charge < -0.3 is 33.4 Å². The van der Waals surface area contributed by atoms with Gasteiger partial charge in [-0.3, -0.25) is 4.79 Å². The van der Waals surface area contributed by atoms with Gasteiger partial charge in [0.1, 0.15) is 12.1 Å². The topological polar surface area (TPSA) is 88.2 Å². The van der Waals surface area contributed by atoms with Crippen LogP contribution in [0.4, 0.5) is 0 Å². The Morgan fingerprint density at radius 1 is 0.667 bits per heavy atom. The van der Waals surface area contributed by atoms with Crippen LogP contribution in [0, 0.1) is 0 Å². The lowest BCUT2D eigenvalue weighted by Crippen LogP contribution is -2.10. The van der Waals surface area contributed by atoms with Gasteiger partial charge in [0.05, 0.1) is 51.8 Å². The van der Waals surface area contributed by atoms with Crippen molar-refractivity contribution in [3.05, 3.63) is 58.3 Å². The van der Waals surface area contributed by atoms with Crippen LogP contribution in [0.5, 0.6) is 34.5 Å². The van der Waals surface area contributed by atoms with Gasteiger partial charge in [0, 0.05) is 0 Å². The number of hydrogen-bond donors (Lipinski definition) is 1. The largest absolute Gasteiger partial charge is 0.492 e. The van der Waals surface area contributed by atoms with E-state index in [-0.39, 0.29) is 22.3 Å². The molecule has 4 aromatic rings. The van der Waals surface area contributed by atoms with E-state index in [0.717, 1.165) is 5.56 Å². The third kappa shape index (κ3) is 3.63. The maximum atomic E-state index is 13.6. The number of benzene rings is 3. The molecule has 0 aliphatic rings. The minimum Gasteiger partial charge on any atom is -0.492 e. The Kier molecular flexibility index (Phi) is 6.17. The smallest absolute Gasteiger partial charge is 0.209 e. The molecule has 8 nitrogen and oxygen atoms in total. The number of ether oxygens (including phenoxy) is 6. The molecule has 0 bridgehead atoms. The van der Waals surface area contributed by atoms with Crippen molar-refractivity contribution >= 4 is 21.8 Å². The van der Waals surface area contributed by atoms with Crippen molar-refractivity contribution in [3.8, 4) is 34.5 Å². The fourth-order valence-corrected chi connectivity index (χ4v) is 3.94. The number of H-pyrrole nitrogens is 1. The first kappa shape index (κ1) is 22.1. The lowest BCUT2D eigenvalue weighted by atomic mass is 10.1. The number of methoxy groups -OCH3 is 5. The fraction of sp³-hybridized carbons (Fsp3) is 0.240. The number of aromatic nitrogens is 1. The molecular formula is C25H25NO7. The molecule has 172 valence electrons. The molecule has 0 unspecified atom stereocenters. The number of hydrogen-bond acceptors (Lipinski definition) is 7. The summed E-state index contributed by atoms with van der Waals surface area (Å²) in [6.45, 7) is 0.350. The van der Waals surface area contributed by atoms with E-state index in [4.69, 9.17) is 28.4 Å². The van der Waals surface area contributed by atoms with Crippen LogP contribution >= 0.6 is 0 Å². The van der Waals surface area contributed by atoms with Crippen molar-refractivity contribution in [2.45, 2.75) is 6.61 Å². The van der Waals surface area contributed by atoms with Gasteiger partial charge in [0.2, 0.25) is 16.9 Å². The minimum atomic E-state index is -0.275. The molecule has 3 aromatic carbocycles. The molecule has 1 heterocycles. The van der Waals surface area contributed by atoms with Gasteiger partial charge in [-0.05, 0) is 17.7 Å². The van der Waals surface area contributed by atoms with E-state index in [1.807, 2.05) is 30.3 Å². The van der Waals surface area contributed by atoms with Crippen molar-refractivity contribution in [1.29, 1.82) is 0 Å². The van der Waals surface area contributed by atoms with Crippen LogP contribution in [-0.2, 0) is 6.61 Å². The minimum absolute atomic E-state index is 0.247. The highest BCUT2D eigenvalue weighted by atomic mass is 16.5. The van der Waals surface area contributed by atoms with E-state index in [1.165, 1.54) is 35.5 Å². The van der Waals surface area contributed by atoms with Crippen molar-refractivity contribution in [2.24, 2.45) is 0 Å². The Labute approximate surface area is 190 Å².